The van der Waals surface area contributed by atoms with Gasteiger partial charge in [0.25, 0.3) is 0 Å². The minimum atomic E-state index is -3.00. The Balaban J connectivity index is 0.00000280. The van der Waals surface area contributed by atoms with E-state index < -0.39 is 9.84 Å². The highest BCUT2D eigenvalue weighted by Crippen LogP contribution is 2.46. The van der Waals surface area contributed by atoms with Gasteiger partial charge in [-0.3, -0.25) is 9.79 Å². The smallest absolute Gasteiger partial charge is 0.225 e. The first-order valence-electron chi connectivity index (χ1n) is 9.39. The Morgan fingerprint density at radius 3 is 2.64 bits per heavy atom. The molecule has 0 bridgehead atoms. The van der Waals surface area contributed by atoms with Crippen molar-refractivity contribution in [1.82, 2.24) is 10.6 Å². The maximum atomic E-state index is 12.0. The maximum Gasteiger partial charge on any atom is 0.225 e. The van der Waals surface area contributed by atoms with E-state index in [0.29, 0.717) is 32.0 Å². The molecule has 1 saturated carbocycles. The number of anilines is 1. The van der Waals surface area contributed by atoms with Crippen molar-refractivity contribution in [3.63, 3.8) is 0 Å². The topological polar surface area (TPSA) is 99.7 Å². The zero-order valence-electron chi connectivity index (χ0n) is 16.3. The number of fused-ring (bicyclic) bond motifs is 1. The van der Waals surface area contributed by atoms with Crippen LogP contribution in [0.4, 0.5) is 5.69 Å². The van der Waals surface area contributed by atoms with Gasteiger partial charge in [0.05, 0.1) is 5.75 Å². The van der Waals surface area contributed by atoms with Gasteiger partial charge in [-0.2, -0.15) is 0 Å². The van der Waals surface area contributed by atoms with Crippen molar-refractivity contribution in [1.29, 1.82) is 0 Å². The SMILES string of the molecule is CCNC(=NCC1(CS(C)(=O)=O)CC1)NCC1CC(=O)Nc2ccccc21.I. The van der Waals surface area contributed by atoms with E-state index >= 15 is 0 Å². The summed E-state index contributed by atoms with van der Waals surface area (Å²) in [6.07, 6.45) is 3.52. The Morgan fingerprint density at radius 2 is 2.00 bits per heavy atom. The number of benzene rings is 1. The number of amides is 1. The zero-order chi connectivity index (χ0) is 19.5. The van der Waals surface area contributed by atoms with Gasteiger partial charge in [0.15, 0.2) is 5.96 Å². The van der Waals surface area contributed by atoms with Gasteiger partial charge in [0.2, 0.25) is 5.91 Å². The summed E-state index contributed by atoms with van der Waals surface area (Å²) in [6.45, 7) is 3.79. The van der Waals surface area contributed by atoms with Gasteiger partial charge in [-0.15, -0.1) is 24.0 Å². The number of hydrogen-bond donors (Lipinski definition) is 3. The van der Waals surface area contributed by atoms with E-state index in [1.165, 1.54) is 6.26 Å². The third kappa shape index (κ3) is 6.33. The van der Waals surface area contributed by atoms with Crippen LogP contribution in [0, 0.1) is 5.41 Å². The molecule has 1 aliphatic carbocycles. The second kappa shape index (κ2) is 9.43. The number of hydrogen-bond acceptors (Lipinski definition) is 4. The first kappa shape index (κ1) is 22.9. The molecule has 0 saturated heterocycles. The van der Waals surface area contributed by atoms with Crippen molar-refractivity contribution in [2.24, 2.45) is 10.4 Å². The number of rotatable bonds is 7. The van der Waals surface area contributed by atoms with Gasteiger partial charge in [-0.1, -0.05) is 18.2 Å². The summed E-state index contributed by atoms with van der Waals surface area (Å²) in [4.78, 5) is 16.6. The van der Waals surface area contributed by atoms with Crippen LogP contribution < -0.4 is 16.0 Å². The van der Waals surface area contributed by atoms with Crippen LogP contribution in [0.25, 0.3) is 0 Å². The van der Waals surface area contributed by atoms with Gasteiger partial charge >= 0.3 is 0 Å². The number of carbonyl (C=O) groups excluding carboxylic acids is 1. The lowest BCUT2D eigenvalue weighted by Gasteiger charge is -2.26. The molecule has 0 spiro atoms. The predicted octanol–water partition coefficient (Wildman–Crippen LogP) is 2.11. The molecule has 1 aliphatic heterocycles. The van der Waals surface area contributed by atoms with Gasteiger partial charge < -0.3 is 16.0 Å². The number of nitrogens with zero attached hydrogens (tertiary/aromatic N) is 1. The fourth-order valence-electron chi connectivity index (χ4n) is 3.57. The third-order valence-electron chi connectivity index (χ3n) is 5.06. The molecule has 0 aromatic heterocycles. The molecule has 1 heterocycles. The average molecular weight is 520 g/mol. The largest absolute Gasteiger partial charge is 0.357 e. The maximum absolute atomic E-state index is 12.0. The molecule has 7 nitrogen and oxygen atoms in total. The summed E-state index contributed by atoms with van der Waals surface area (Å²) in [5.41, 5.74) is 1.79. The van der Waals surface area contributed by atoms with Crippen LogP contribution in [-0.4, -0.2) is 51.9 Å². The second-order valence-corrected chi connectivity index (χ2v) is 9.82. The number of halogens is 1. The summed E-state index contributed by atoms with van der Waals surface area (Å²) in [7, 11) is -3.00. The molecule has 28 heavy (non-hydrogen) atoms. The molecular formula is C19H29IN4O3S. The van der Waals surface area contributed by atoms with Crippen LogP contribution in [0.2, 0.25) is 0 Å². The molecule has 3 rings (SSSR count). The lowest BCUT2D eigenvalue weighted by molar-refractivity contribution is -0.116. The number of para-hydroxylation sites is 1. The fraction of sp³-hybridized carbons (Fsp3) is 0.579. The molecule has 1 unspecified atom stereocenters. The fourth-order valence-corrected chi connectivity index (χ4v) is 5.07. The van der Waals surface area contributed by atoms with E-state index in [9.17, 15) is 13.2 Å². The Hall–Kier alpha value is -1.36. The van der Waals surface area contributed by atoms with Gasteiger partial charge in [0.1, 0.15) is 9.84 Å². The molecule has 3 N–H and O–H groups in total. The molecule has 1 amide bonds. The summed E-state index contributed by atoms with van der Waals surface area (Å²) in [6, 6.07) is 7.85. The van der Waals surface area contributed by atoms with E-state index in [2.05, 4.69) is 20.9 Å². The Kier molecular flexibility index (Phi) is 7.72. The molecular weight excluding hydrogens is 491 g/mol. The van der Waals surface area contributed by atoms with E-state index in [-0.39, 0.29) is 47.0 Å². The van der Waals surface area contributed by atoms with Crippen molar-refractivity contribution < 1.29 is 13.2 Å². The summed E-state index contributed by atoms with van der Waals surface area (Å²) in [5, 5.41) is 9.44. The van der Waals surface area contributed by atoms with Gasteiger partial charge in [-0.05, 0) is 31.4 Å². The van der Waals surface area contributed by atoms with Crippen molar-refractivity contribution in [3.05, 3.63) is 29.8 Å². The summed E-state index contributed by atoms with van der Waals surface area (Å²) >= 11 is 0. The van der Waals surface area contributed by atoms with Crippen molar-refractivity contribution in [2.45, 2.75) is 32.1 Å². The summed E-state index contributed by atoms with van der Waals surface area (Å²) in [5.74, 6) is 0.956. The molecule has 156 valence electrons. The average Bonchev–Trinajstić information content (AvgIpc) is 3.34. The first-order valence-corrected chi connectivity index (χ1v) is 11.4. The molecule has 2 aliphatic rings. The minimum Gasteiger partial charge on any atom is -0.357 e. The molecule has 1 atom stereocenters. The molecule has 0 radical (unpaired) electrons. The highest BCUT2D eigenvalue weighted by atomic mass is 127. The number of aliphatic imine (C=N–C) groups is 1. The number of carbonyl (C=O) groups is 1. The van der Waals surface area contributed by atoms with Crippen LogP contribution in [0.15, 0.2) is 29.3 Å². The quantitative estimate of drug-likeness (QED) is 0.291. The van der Waals surface area contributed by atoms with Crippen LogP contribution in [-0.2, 0) is 14.6 Å². The van der Waals surface area contributed by atoms with Gasteiger partial charge in [0, 0.05) is 49.3 Å². The van der Waals surface area contributed by atoms with Crippen molar-refractivity contribution in [3.8, 4) is 0 Å². The zero-order valence-corrected chi connectivity index (χ0v) is 19.5. The molecule has 1 aromatic rings. The Morgan fingerprint density at radius 1 is 1.29 bits per heavy atom. The molecule has 1 fully saturated rings. The lowest BCUT2D eigenvalue weighted by Crippen LogP contribution is -2.41. The third-order valence-corrected chi connectivity index (χ3v) is 6.20. The highest BCUT2D eigenvalue weighted by Gasteiger charge is 2.45. The van der Waals surface area contributed by atoms with Crippen molar-refractivity contribution >= 4 is 51.4 Å². The van der Waals surface area contributed by atoms with Crippen LogP contribution in [0.1, 0.15) is 37.7 Å². The summed E-state index contributed by atoms with van der Waals surface area (Å²) < 4.78 is 23.2. The number of sulfone groups is 1. The van der Waals surface area contributed by atoms with Crippen molar-refractivity contribution in [2.75, 3.05) is 37.0 Å². The van der Waals surface area contributed by atoms with E-state index in [1.807, 2.05) is 31.2 Å². The monoisotopic (exact) mass is 520 g/mol. The van der Waals surface area contributed by atoms with Gasteiger partial charge in [-0.25, -0.2) is 8.42 Å². The van der Waals surface area contributed by atoms with Crippen LogP contribution in [0.3, 0.4) is 0 Å². The molecule has 1 aromatic carbocycles. The van der Waals surface area contributed by atoms with Crippen LogP contribution >= 0.6 is 24.0 Å². The first-order chi connectivity index (χ1) is 12.8. The van der Waals surface area contributed by atoms with Crippen LogP contribution in [0.5, 0.6) is 0 Å². The van der Waals surface area contributed by atoms with E-state index in [1.54, 1.807) is 0 Å². The minimum absolute atomic E-state index is 0. The Bertz CT molecular complexity index is 837. The Labute approximate surface area is 184 Å². The predicted molar refractivity (Wildman–Crippen MR) is 123 cm³/mol. The van der Waals surface area contributed by atoms with E-state index in [4.69, 9.17) is 0 Å². The number of nitrogens with one attached hydrogen (secondary N) is 3. The number of guanidine groups is 1. The second-order valence-electron chi connectivity index (χ2n) is 7.68. The highest BCUT2D eigenvalue weighted by molar-refractivity contribution is 14.0. The van der Waals surface area contributed by atoms with E-state index in [0.717, 1.165) is 24.1 Å². The standard InChI is InChI=1S/C19H28N4O3S.HI/c1-3-20-18(22-12-19(8-9-19)13-27(2,25)26)21-11-14-10-17(24)23-16-7-5-4-6-15(14)16;/h4-7,14H,3,8-13H2,1-2H3,(H,23,24)(H2,20,21,22);1H. The molecule has 9 heteroatoms. The lowest BCUT2D eigenvalue weighted by atomic mass is 9.90. The normalized spacial score (nSPS) is 20.4.